The number of morpholine rings is 1. The highest BCUT2D eigenvalue weighted by Gasteiger charge is 2.33. The van der Waals surface area contributed by atoms with Gasteiger partial charge in [-0.25, -0.2) is 4.68 Å². The monoisotopic (exact) mass is 328 g/mol. The van der Waals surface area contributed by atoms with Crippen molar-refractivity contribution >= 4 is 0 Å². The van der Waals surface area contributed by atoms with Crippen LogP contribution in [0.4, 0.5) is 0 Å². The molecule has 6 heteroatoms. The third-order valence-corrected chi connectivity index (χ3v) is 4.94. The van der Waals surface area contributed by atoms with Crippen molar-refractivity contribution in [1.29, 1.82) is 0 Å². The van der Waals surface area contributed by atoms with Gasteiger partial charge in [0.2, 0.25) is 0 Å². The molecule has 0 radical (unpaired) electrons. The maximum atomic E-state index is 5.89. The van der Waals surface area contributed by atoms with Gasteiger partial charge in [0.25, 0.3) is 0 Å². The fourth-order valence-electron chi connectivity index (χ4n) is 3.62. The van der Waals surface area contributed by atoms with Crippen molar-refractivity contribution in [3.05, 3.63) is 41.7 Å². The molecular weight excluding hydrogens is 304 g/mol. The lowest BCUT2D eigenvalue weighted by atomic mass is 10.1. The molecule has 4 rings (SSSR count). The molecule has 2 atom stereocenters. The van der Waals surface area contributed by atoms with Crippen molar-refractivity contribution < 1.29 is 9.47 Å². The summed E-state index contributed by atoms with van der Waals surface area (Å²) in [5.41, 5.74) is 3.26. The zero-order valence-corrected chi connectivity index (χ0v) is 14.1. The van der Waals surface area contributed by atoms with Crippen LogP contribution >= 0.6 is 0 Å². The van der Waals surface area contributed by atoms with Crippen LogP contribution in [-0.2, 0) is 16.0 Å². The first-order valence-corrected chi connectivity index (χ1v) is 8.72. The lowest BCUT2D eigenvalue weighted by Gasteiger charge is -2.37. The minimum absolute atomic E-state index is 0.289. The number of ether oxygens (including phenoxy) is 2. The summed E-state index contributed by atoms with van der Waals surface area (Å²) >= 11 is 0. The molecule has 2 aliphatic heterocycles. The SMILES string of the molecule is Cc1ccccc1-n1cc(CN2CCOCC2C2CCCO2)nn1. The molecule has 1 aromatic heterocycles. The second kappa shape index (κ2) is 7.01. The number of para-hydroxylation sites is 1. The maximum Gasteiger partial charge on any atom is 0.0972 e. The largest absolute Gasteiger partial charge is 0.378 e. The summed E-state index contributed by atoms with van der Waals surface area (Å²) in [6, 6.07) is 8.55. The Balaban J connectivity index is 1.49. The van der Waals surface area contributed by atoms with Crippen LogP contribution < -0.4 is 0 Å². The maximum absolute atomic E-state index is 5.89. The van der Waals surface area contributed by atoms with Gasteiger partial charge in [0.05, 0.1) is 42.9 Å². The average Bonchev–Trinajstić information content (AvgIpc) is 3.28. The molecule has 2 aromatic rings. The van der Waals surface area contributed by atoms with E-state index in [2.05, 4.69) is 34.3 Å². The van der Waals surface area contributed by atoms with Crippen molar-refractivity contribution in [1.82, 2.24) is 19.9 Å². The van der Waals surface area contributed by atoms with Gasteiger partial charge in [-0.3, -0.25) is 4.90 Å². The molecule has 24 heavy (non-hydrogen) atoms. The molecule has 3 heterocycles. The summed E-state index contributed by atoms with van der Waals surface area (Å²) in [6.45, 7) is 6.19. The van der Waals surface area contributed by atoms with Gasteiger partial charge in [-0.05, 0) is 31.4 Å². The summed E-state index contributed by atoms with van der Waals surface area (Å²) in [5.74, 6) is 0. The summed E-state index contributed by atoms with van der Waals surface area (Å²) in [7, 11) is 0. The van der Waals surface area contributed by atoms with Crippen molar-refractivity contribution in [3.63, 3.8) is 0 Å². The quantitative estimate of drug-likeness (QED) is 0.859. The van der Waals surface area contributed by atoms with Gasteiger partial charge in [0.1, 0.15) is 0 Å². The van der Waals surface area contributed by atoms with Crippen LogP contribution in [0, 0.1) is 6.92 Å². The Morgan fingerprint density at radius 3 is 3.00 bits per heavy atom. The van der Waals surface area contributed by atoms with Gasteiger partial charge in [0.15, 0.2) is 0 Å². The van der Waals surface area contributed by atoms with E-state index in [4.69, 9.17) is 9.47 Å². The molecule has 6 nitrogen and oxygen atoms in total. The number of rotatable bonds is 4. The first-order valence-electron chi connectivity index (χ1n) is 8.72. The third-order valence-electron chi connectivity index (χ3n) is 4.94. The van der Waals surface area contributed by atoms with Crippen molar-refractivity contribution in [2.24, 2.45) is 0 Å². The van der Waals surface area contributed by atoms with Crippen molar-refractivity contribution in [2.75, 3.05) is 26.4 Å². The second-order valence-electron chi connectivity index (χ2n) is 6.61. The Kier molecular flexibility index (Phi) is 4.60. The number of hydrogen-bond acceptors (Lipinski definition) is 5. The van der Waals surface area contributed by atoms with Gasteiger partial charge in [-0.1, -0.05) is 23.4 Å². The number of aryl methyl sites for hydroxylation is 1. The van der Waals surface area contributed by atoms with Crippen LogP contribution in [0.5, 0.6) is 0 Å². The summed E-state index contributed by atoms with van der Waals surface area (Å²) in [5, 5.41) is 8.69. The summed E-state index contributed by atoms with van der Waals surface area (Å²) in [6.07, 6.45) is 4.60. The first kappa shape index (κ1) is 15.7. The Morgan fingerprint density at radius 2 is 2.17 bits per heavy atom. The lowest BCUT2D eigenvalue weighted by molar-refractivity contribution is -0.0689. The molecule has 0 N–H and O–H groups in total. The zero-order chi connectivity index (χ0) is 16.4. The standard InChI is InChI=1S/C18H24N4O2/c1-14-5-2-3-6-16(14)22-12-15(19-20-22)11-21-8-10-23-13-17(21)18-7-4-9-24-18/h2-3,5-6,12,17-18H,4,7-11,13H2,1H3. The van der Waals surface area contributed by atoms with Crippen molar-refractivity contribution in [3.8, 4) is 5.69 Å². The van der Waals surface area contributed by atoms with Gasteiger partial charge < -0.3 is 9.47 Å². The van der Waals surface area contributed by atoms with E-state index in [1.54, 1.807) is 0 Å². The molecule has 0 amide bonds. The third kappa shape index (κ3) is 3.22. The van der Waals surface area contributed by atoms with E-state index in [0.717, 1.165) is 57.1 Å². The molecule has 128 valence electrons. The summed E-state index contributed by atoms with van der Waals surface area (Å²) in [4.78, 5) is 2.44. The van der Waals surface area contributed by atoms with Gasteiger partial charge in [-0.15, -0.1) is 5.10 Å². The predicted octanol–water partition coefficient (Wildman–Crippen LogP) is 1.96. The van der Waals surface area contributed by atoms with E-state index in [1.165, 1.54) is 5.56 Å². The molecule has 2 saturated heterocycles. The topological polar surface area (TPSA) is 52.4 Å². The molecule has 0 spiro atoms. The Bertz CT molecular complexity index is 681. The number of benzene rings is 1. The van der Waals surface area contributed by atoms with Crippen LogP contribution in [0.15, 0.2) is 30.5 Å². The predicted molar refractivity (Wildman–Crippen MR) is 90.1 cm³/mol. The fourth-order valence-corrected chi connectivity index (χ4v) is 3.62. The average molecular weight is 328 g/mol. The highest BCUT2D eigenvalue weighted by molar-refractivity contribution is 5.38. The molecular formula is C18H24N4O2. The van der Waals surface area contributed by atoms with E-state index in [1.807, 2.05) is 23.0 Å². The van der Waals surface area contributed by atoms with Gasteiger partial charge in [-0.2, -0.15) is 0 Å². The molecule has 2 aliphatic rings. The van der Waals surface area contributed by atoms with Crippen LogP contribution in [0.1, 0.15) is 24.1 Å². The van der Waals surface area contributed by atoms with E-state index in [-0.39, 0.29) is 6.10 Å². The van der Waals surface area contributed by atoms with Crippen LogP contribution in [0.3, 0.4) is 0 Å². The van der Waals surface area contributed by atoms with Crippen LogP contribution in [0.25, 0.3) is 5.69 Å². The highest BCUT2D eigenvalue weighted by atomic mass is 16.5. The van der Waals surface area contributed by atoms with Crippen LogP contribution in [-0.4, -0.2) is 58.4 Å². The number of nitrogens with zero attached hydrogens (tertiary/aromatic N) is 4. The molecule has 0 bridgehead atoms. The molecule has 0 aliphatic carbocycles. The highest BCUT2D eigenvalue weighted by Crippen LogP contribution is 2.23. The minimum Gasteiger partial charge on any atom is -0.378 e. The van der Waals surface area contributed by atoms with E-state index in [9.17, 15) is 0 Å². The van der Waals surface area contributed by atoms with E-state index < -0.39 is 0 Å². The van der Waals surface area contributed by atoms with Crippen molar-refractivity contribution in [2.45, 2.75) is 38.5 Å². The van der Waals surface area contributed by atoms with Gasteiger partial charge in [0, 0.05) is 19.7 Å². The number of hydrogen-bond donors (Lipinski definition) is 0. The fraction of sp³-hybridized carbons (Fsp3) is 0.556. The molecule has 1 aromatic carbocycles. The Morgan fingerprint density at radius 1 is 1.25 bits per heavy atom. The minimum atomic E-state index is 0.289. The first-order chi connectivity index (χ1) is 11.8. The Labute approximate surface area is 142 Å². The molecule has 0 saturated carbocycles. The van der Waals surface area contributed by atoms with Crippen LogP contribution in [0.2, 0.25) is 0 Å². The summed E-state index contributed by atoms with van der Waals surface area (Å²) < 4.78 is 13.4. The molecule has 2 fully saturated rings. The number of aromatic nitrogens is 3. The lowest BCUT2D eigenvalue weighted by Crippen LogP contribution is -2.51. The second-order valence-corrected chi connectivity index (χ2v) is 6.61. The molecule has 2 unspecified atom stereocenters. The van der Waals surface area contributed by atoms with Gasteiger partial charge >= 0.3 is 0 Å². The zero-order valence-electron chi connectivity index (χ0n) is 14.1. The van der Waals surface area contributed by atoms with E-state index >= 15 is 0 Å². The smallest absolute Gasteiger partial charge is 0.0972 e. The Hall–Kier alpha value is -1.76. The normalized spacial score (nSPS) is 25.2. The van der Waals surface area contributed by atoms with E-state index in [0.29, 0.717) is 6.04 Å².